The SMILES string of the molecule is Cc1ccc2c(c1)C(C)(C)c1cc([N+](=O)[O-])ccc1-2. The van der Waals surface area contributed by atoms with Gasteiger partial charge in [0, 0.05) is 17.5 Å². The zero-order valence-corrected chi connectivity index (χ0v) is 11.2. The van der Waals surface area contributed by atoms with Crippen LogP contribution in [0.4, 0.5) is 5.69 Å². The van der Waals surface area contributed by atoms with E-state index in [-0.39, 0.29) is 16.0 Å². The summed E-state index contributed by atoms with van der Waals surface area (Å²) in [5.41, 5.74) is 5.81. The second-order valence-corrected chi connectivity index (χ2v) is 5.66. The minimum Gasteiger partial charge on any atom is -0.258 e. The molecule has 2 aromatic rings. The van der Waals surface area contributed by atoms with Gasteiger partial charge in [-0.25, -0.2) is 0 Å². The molecule has 3 heteroatoms. The van der Waals surface area contributed by atoms with Gasteiger partial charge in [0.05, 0.1) is 4.92 Å². The number of rotatable bonds is 1. The number of nitro groups is 1. The fourth-order valence-corrected chi connectivity index (χ4v) is 2.95. The van der Waals surface area contributed by atoms with Gasteiger partial charge >= 0.3 is 0 Å². The molecular weight excluding hydrogens is 238 g/mol. The van der Waals surface area contributed by atoms with Crippen molar-refractivity contribution in [3.8, 4) is 11.1 Å². The average Bonchev–Trinajstić information content (AvgIpc) is 2.58. The Bertz CT molecular complexity index is 702. The van der Waals surface area contributed by atoms with Crippen LogP contribution in [0.15, 0.2) is 36.4 Å². The van der Waals surface area contributed by atoms with Gasteiger partial charge in [-0.1, -0.05) is 37.6 Å². The standard InChI is InChI=1S/C16H15NO2/c1-10-4-6-12-13-7-5-11(17(18)19)9-15(13)16(2,3)14(12)8-10/h4-9H,1-3H3. The molecule has 0 saturated heterocycles. The number of benzene rings is 2. The lowest BCUT2D eigenvalue weighted by Gasteiger charge is -2.21. The van der Waals surface area contributed by atoms with Gasteiger partial charge in [-0.3, -0.25) is 10.1 Å². The van der Waals surface area contributed by atoms with Crippen LogP contribution in [0, 0.1) is 17.0 Å². The largest absolute Gasteiger partial charge is 0.269 e. The summed E-state index contributed by atoms with van der Waals surface area (Å²) >= 11 is 0. The molecule has 0 N–H and O–H groups in total. The van der Waals surface area contributed by atoms with Crippen molar-refractivity contribution in [2.75, 3.05) is 0 Å². The summed E-state index contributed by atoms with van der Waals surface area (Å²) in [5.74, 6) is 0. The van der Waals surface area contributed by atoms with Crippen molar-refractivity contribution in [3.63, 3.8) is 0 Å². The van der Waals surface area contributed by atoms with Gasteiger partial charge in [0.25, 0.3) is 5.69 Å². The molecule has 0 aromatic heterocycles. The maximum atomic E-state index is 10.9. The Morgan fingerprint density at radius 2 is 1.58 bits per heavy atom. The van der Waals surface area contributed by atoms with Gasteiger partial charge in [0.15, 0.2) is 0 Å². The van der Waals surface area contributed by atoms with E-state index >= 15 is 0 Å². The second kappa shape index (κ2) is 3.67. The van der Waals surface area contributed by atoms with Crippen molar-refractivity contribution in [3.05, 3.63) is 63.2 Å². The monoisotopic (exact) mass is 253 g/mol. The lowest BCUT2D eigenvalue weighted by molar-refractivity contribution is -0.384. The molecule has 0 heterocycles. The molecule has 1 aliphatic carbocycles. The van der Waals surface area contributed by atoms with Crippen molar-refractivity contribution in [1.82, 2.24) is 0 Å². The van der Waals surface area contributed by atoms with E-state index in [2.05, 4.69) is 39.0 Å². The highest BCUT2D eigenvalue weighted by Crippen LogP contribution is 2.49. The quantitative estimate of drug-likeness (QED) is 0.564. The number of nitro benzene ring substituents is 1. The molecule has 2 aromatic carbocycles. The first-order chi connectivity index (χ1) is 8.91. The molecule has 0 atom stereocenters. The normalized spacial score (nSPS) is 14.9. The van der Waals surface area contributed by atoms with Crippen LogP contribution < -0.4 is 0 Å². The van der Waals surface area contributed by atoms with Gasteiger partial charge in [-0.2, -0.15) is 0 Å². The van der Waals surface area contributed by atoms with Crippen molar-refractivity contribution in [2.24, 2.45) is 0 Å². The summed E-state index contributed by atoms with van der Waals surface area (Å²) in [6.07, 6.45) is 0. The Labute approximate surface area is 112 Å². The number of aryl methyl sites for hydroxylation is 1. The third kappa shape index (κ3) is 1.58. The van der Waals surface area contributed by atoms with Gasteiger partial charge in [-0.15, -0.1) is 0 Å². The molecule has 0 aliphatic heterocycles. The molecule has 0 unspecified atom stereocenters. The molecule has 0 amide bonds. The van der Waals surface area contributed by atoms with Crippen LogP contribution in [0.25, 0.3) is 11.1 Å². The third-order valence-corrected chi connectivity index (χ3v) is 4.03. The minimum atomic E-state index is -0.329. The van der Waals surface area contributed by atoms with E-state index in [4.69, 9.17) is 0 Å². The summed E-state index contributed by atoms with van der Waals surface area (Å²) < 4.78 is 0. The van der Waals surface area contributed by atoms with E-state index < -0.39 is 0 Å². The first-order valence-corrected chi connectivity index (χ1v) is 6.31. The highest BCUT2D eigenvalue weighted by molar-refractivity contribution is 5.81. The van der Waals surface area contributed by atoms with Crippen molar-refractivity contribution >= 4 is 5.69 Å². The Kier molecular flexibility index (Phi) is 2.30. The van der Waals surface area contributed by atoms with Crippen molar-refractivity contribution < 1.29 is 4.92 Å². The summed E-state index contributed by atoms with van der Waals surface area (Å²) in [6.45, 7) is 6.32. The van der Waals surface area contributed by atoms with E-state index in [1.54, 1.807) is 12.1 Å². The number of nitrogens with zero attached hydrogens (tertiary/aromatic N) is 1. The second-order valence-electron chi connectivity index (χ2n) is 5.66. The fraction of sp³-hybridized carbons (Fsp3) is 0.250. The zero-order valence-electron chi connectivity index (χ0n) is 11.2. The summed E-state index contributed by atoms with van der Waals surface area (Å²) in [4.78, 5) is 10.6. The first-order valence-electron chi connectivity index (χ1n) is 6.31. The summed E-state index contributed by atoms with van der Waals surface area (Å²) in [6, 6.07) is 11.6. The van der Waals surface area contributed by atoms with Crippen molar-refractivity contribution in [2.45, 2.75) is 26.2 Å². The van der Waals surface area contributed by atoms with Crippen molar-refractivity contribution in [1.29, 1.82) is 0 Å². The lowest BCUT2D eigenvalue weighted by atomic mass is 9.82. The number of hydrogen-bond acceptors (Lipinski definition) is 2. The Balaban J connectivity index is 2.30. The molecule has 3 rings (SSSR count). The zero-order chi connectivity index (χ0) is 13.8. The predicted octanol–water partition coefficient (Wildman–Crippen LogP) is 4.21. The molecule has 1 aliphatic rings. The molecule has 0 radical (unpaired) electrons. The number of hydrogen-bond donors (Lipinski definition) is 0. The van der Waals surface area contributed by atoms with Crippen LogP contribution in [0.1, 0.15) is 30.5 Å². The van der Waals surface area contributed by atoms with Gasteiger partial charge < -0.3 is 0 Å². The van der Waals surface area contributed by atoms with E-state index in [9.17, 15) is 10.1 Å². The predicted molar refractivity (Wildman–Crippen MR) is 75.4 cm³/mol. The van der Waals surface area contributed by atoms with Crippen LogP contribution >= 0.6 is 0 Å². The van der Waals surface area contributed by atoms with E-state index in [1.165, 1.54) is 16.7 Å². The summed E-state index contributed by atoms with van der Waals surface area (Å²) in [7, 11) is 0. The Hall–Kier alpha value is -2.16. The maximum absolute atomic E-state index is 10.9. The van der Waals surface area contributed by atoms with E-state index in [0.29, 0.717) is 0 Å². The van der Waals surface area contributed by atoms with E-state index in [0.717, 1.165) is 11.1 Å². The molecule has 96 valence electrons. The molecule has 0 saturated carbocycles. The van der Waals surface area contributed by atoms with Crippen LogP contribution in [0.2, 0.25) is 0 Å². The molecule has 0 bridgehead atoms. The molecule has 3 nitrogen and oxygen atoms in total. The Morgan fingerprint density at radius 3 is 2.21 bits per heavy atom. The topological polar surface area (TPSA) is 43.1 Å². The Morgan fingerprint density at radius 1 is 1.00 bits per heavy atom. The maximum Gasteiger partial charge on any atom is 0.269 e. The van der Waals surface area contributed by atoms with Crippen LogP contribution in [-0.2, 0) is 5.41 Å². The highest BCUT2D eigenvalue weighted by atomic mass is 16.6. The van der Waals surface area contributed by atoms with Gasteiger partial charge in [0.1, 0.15) is 0 Å². The highest BCUT2D eigenvalue weighted by Gasteiger charge is 2.36. The molecule has 0 fully saturated rings. The minimum absolute atomic E-state index is 0.163. The molecular formula is C16H15NO2. The van der Waals surface area contributed by atoms with E-state index in [1.807, 2.05) is 6.07 Å². The van der Waals surface area contributed by atoms with Gasteiger partial charge in [0.2, 0.25) is 0 Å². The molecule has 19 heavy (non-hydrogen) atoms. The number of fused-ring (bicyclic) bond motifs is 3. The van der Waals surface area contributed by atoms with Crippen LogP contribution in [-0.4, -0.2) is 4.92 Å². The average molecular weight is 253 g/mol. The van der Waals surface area contributed by atoms with Crippen LogP contribution in [0.3, 0.4) is 0 Å². The third-order valence-electron chi connectivity index (χ3n) is 4.03. The first kappa shape index (κ1) is 11.9. The molecule has 0 spiro atoms. The van der Waals surface area contributed by atoms with Crippen LogP contribution in [0.5, 0.6) is 0 Å². The summed E-state index contributed by atoms with van der Waals surface area (Å²) in [5, 5.41) is 10.9. The van der Waals surface area contributed by atoms with Gasteiger partial charge in [-0.05, 0) is 35.2 Å². The smallest absolute Gasteiger partial charge is 0.258 e. The fourth-order valence-electron chi connectivity index (χ4n) is 2.95. The lowest BCUT2D eigenvalue weighted by Crippen LogP contribution is -2.15. The number of non-ortho nitro benzene ring substituents is 1.